The Balaban J connectivity index is 2.58. The molecule has 0 aliphatic heterocycles. The number of halogens is 2. The highest BCUT2D eigenvalue weighted by Crippen LogP contribution is 2.13. The van der Waals surface area contributed by atoms with Gasteiger partial charge in [0.2, 0.25) is 5.91 Å². The molecule has 0 saturated carbocycles. The second-order valence-electron chi connectivity index (χ2n) is 3.87. The standard InChI is InChI=1S/C12H16F2N2O/c1-2-3-4-11(15)12(17)16-8-5-6-9(13)10(14)7-8/h5-7,11H,2-4,15H2,1H3,(H,16,17). The molecule has 1 rings (SSSR count). The highest BCUT2D eigenvalue weighted by molar-refractivity contribution is 5.94. The summed E-state index contributed by atoms with van der Waals surface area (Å²) in [5, 5.41) is 2.45. The van der Waals surface area contributed by atoms with E-state index < -0.39 is 17.7 Å². The highest BCUT2D eigenvalue weighted by Gasteiger charge is 2.13. The van der Waals surface area contributed by atoms with Gasteiger partial charge in [0, 0.05) is 11.8 Å². The number of carbonyl (C=O) groups is 1. The summed E-state index contributed by atoms with van der Waals surface area (Å²) in [6.07, 6.45) is 2.38. The van der Waals surface area contributed by atoms with Crippen molar-refractivity contribution in [1.82, 2.24) is 0 Å². The summed E-state index contributed by atoms with van der Waals surface area (Å²) in [5.41, 5.74) is 5.85. The van der Waals surface area contributed by atoms with Crippen LogP contribution < -0.4 is 11.1 Å². The zero-order chi connectivity index (χ0) is 12.8. The molecule has 1 amide bonds. The zero-order valence-electron chi connectivity index (χ0n) is 9.67. The van der Waals surface area contributed by atoms with Gasteiger partial charge in [-0.15, -0.1) is 0 Å². The van der Waals surface area contributed by atoms with Crippen molar-refractivity contribution in [3.63, 3.8) is 0 Å². The molecule has 1 unspecified atom stereocenters. The third-order valence-corrected chi connectivity index (χ3v) is 2.39. The number of amides is 1. The predicted molar refractivity (Wildman–Crippen MR) is 62.5 cm³/mol. The van der Waals surface area contributed by atoms with Gasteiger partial charge in [0.05, 0.1) is 6.04 Å². The number of nitrogens with two attached hydrogens (primary N) is 1. The Morgan fingerprint density at radius 2 is 2.12 bits per heavy atom. The van der Waals surface area contributed by atoms with Crippen molar-refractivity contribution < 1.29 is 13.6 Å². The van der Waals surface area contributed by atoms with E-state index in [2.05, 4.69) is 5.32 Å². The van der Waals surface area contributed by atoms with Crippen LogP contribution in [0.5, 0.6) is 0 Å². The van der Waals surface area contributed by atoms with Gasteiger partial charge in [0.15, 0.2) is 11.6 Å². The molecule has 0 bridgehead atoms. The van der Waals surface area contributed by atoms with Crippen LogP contribution in [0.2, 0.25) is 0 Å². The van der Waals surface area contributed by atoms with Crippen LogP contribution in [0, 0.1) is 11.6 Å². The smallest absolute Gasteiger partial charge is 0.241 e. The summed E-state index contributed by atoms with van der Waals surface area (Å²) in [7, 11) is 0. The lowest BCUT2D eigenvalue weighted by molar-refractivity contribution is -0.117. The number of anilines is 1. The van der Waals surface area contributed by atoms with E-state index in [1.165, 1.54) is 6.07 Å². The number of hydrogen-bond donors (Lipinski definition) is 2. The second-order valence-corrected chi connectivity index (χ2v) is 3.87. The average molecular weight is 242 g/mol. The summed E-state index contributed by atoms with van der Waals surface area (Å²) < 4.78 is 25.5. The van der Waals surface area contributed by atoms with Crippen molar-refractivity contribution in [2.45, 2.75) is 32.2 Å². The van der Waals surface area contributed by atoms with Crippen LogP contribution in [0.1, 0.15) is 26.2 Å². The Hall–Kier alpha value is -1.49. The van der Waals surface area contributed by atoms with Gasteiger partial charge in [-0.1, -0.05) is 19.8 Å². The van der Waals surface area contributed by atoms with Crippen molar-refractivity contribution in [2.75, 3.05) is 5.32 Å². The minimum Gasteiger partial charge on any atom is -0.325 e. The van der Waals surface area contributed by atoms with Crippen LogP contribution in [-0.2, 0) is 4.79 Å². The van der Waals surface area contributed by atoms with E-state index in [9.17, 15) is 13.6 Å². The van der Waals surface area contributed by atoms with Gasteiger partial charge in [-0.05, 0) is 18.6 Å². The van der Waals surface area contributed by atoms with E-state index in [0.29, 0.717) is 6.42 Å². The van der Waals surface area contributed by atoms with Crippen molar-refractivity contribution >= 4 is 11.6 Å². The highest BCUT2D eigenvalue weighted by atomic mass is 19.2. The molecule has 0 heterocycles. The lowest BCUT2D eigenvalue weighted by atomic mass is 10.1. The average Bonchev–Trinajstić information content (AvgIpc) is 2.30. The van der Waals surface area contributed by atoms with Crippen LogP contribution in [0.4, 0.5) is 14.5 Å². The first-order chi connectivity index (χ1) is 8.04. The molecule has 3 nitrogen and oxygen atoms in total. The molecule has 0 aliphatic rings. The van der Waals surface area contributed by atoms with Crippen LogP contribution in [0.25, 0.3) is 0 Å². The molecule has 0 aromatic heterocycles. The monoisotopic (exact) mass is 242 g/mol. The molecule has 94 valence electrons. The normalized spacial score (nSPS) is 12.2. The largest absolute Gasteiger partial charge is 0.325 e. The molecule has 0 aliphatic carbocycles. The number of rotatable bonds is 5. The second kappa shape index (κ2) is 6.30. The Labute approximate surface area is 99.0 Å². The molecule has 0 spiro atoms. The number of hydrogen-bond acceptors (Lipinski definition) is 2. The Morgan fingerprint density at radius 3 is 2.71 bits per heavy atom. The Morgan fingerprint density at radius 1 is 1.41 bits per heavy atom. The molecular formula is C12H16F2N2O. The summed E-state index contributed by atoms with van der Waals surface area (Å²) in [6, 6.07) is 2.56. The van der Waals surface area contributed by atoms with E-state index in [1.807, 2.05) is 6.92 Å². The van der Waals surface area contributed by atoms with E-state index >= 15 is 0 Å². The SMILES string of the molecule is CCCCC(N)C(=O)Nc1ccc(F)c(F)c1. The topological polar surface area (TPSA) is 55.1 Å². The van der Waals surface area contributed by atoms with Crippen LogP contribution in [0.3, 0.4) is 0 Å². The lowest BCUT2D eigenvalue weighted by Gasteiger charge is -2.11. The van der Waals surface area contributed by atoms with Gasteiger partial charge >= 0.3 is 0 Å². The minimum absolute atomic E-state index is 0.209. The van der Waals surface area contributed by atoms with Crippen molar-refractivity contribution in [3.8, 4) is 0 Å². The first-order valence-electron chi connectivity index (χ1n) is 5.56. The summed E-state index contributed by atoms with van der Waals surface area (Å²) in [6.45, 7) is 2.00. The van der Waals surface area contributed by atoms with Crippen LogP contribution in [0.15, 0.2) is 18.2 Å². The molecule has 3 N–H and O–H groups in total. The van der Waals surface area contributed by atoms with Gasteiger partial charge in [0.1, 0.15) is 0 Å². The molecular weight excluding hydrogens is 226 g/mol. The van der Waals surface area contributed by atoms with Crippen molar-refractivity contribution in [1.29, 1.82) is 0 Å². The summed E-state index contributed by atoms with van der Waals surface area (Å²) >= 11 is 0. The molecule has 1 aromatic carbocycles. The third-order valence-electron chi connectivity index (χ3n) is 2.39. The predicted octanol–water partition coefficient (Wildman–Crippen LogP) is 2.42. The lowest BCUT2D eigenvalue weighted by Crippen LogP contribution is -2.35. The fraction of sp³-hybridized carbons (Fsp3) is 0.417. The van der Waals surface area contributed by atoms with Gasteiger partial charge in [-0.2, -0.15) is 0 Å². The van der Waals surface area contributed by atoms with E-state index in [1.54, 1.807) is 0 Å². The first-order valence-corrected chi connectivity index (χ1v) is 5.56. The minimum atomic E-state index is -0.995. The molecule has 1 aromatic rings. The molecule has 1 atom stereocenters. The maximum absolute atomic E-state index is 12.9. The number of unbranched alkanes of at least 4 members (excludes halogenated alkanes) is 1. The number of benzene rings is 1. The number of carbonyl (C=O) groups excluding carboxylic acids is 1. The summed E-state index contributed by atoms with van der Waals surface area (Å²) in [5.74, 6) is -2.33. The van der Waals surface area contributed by atoms with Gasteiger partial charge in [-0.25, -0.2) is 8.78 Å². The van der Waals surface area contributed by atoms with Crippen LogP contribution in [-0.4, -0.2) is 11.9 Å². The van der Waals surface area contributed by atoms with Gasteiger partial charge in [0.25, 0.3) is 0 Å². The van der Waals surface area contributed by atoms with Gasteiger partial charge < -0.3 is 11.1 Å². The molecule has 5 heteroatoms. The fourth-order valence-electron chi connectivity index (χ4n) is 1.36. The molecule has 0 fully saturated rings. The quantitative estimate of drug-likeness (QED) is 0.833. The van der Waals surface area contributed by atoms with Crippen LogP contribution >= 0.6 is 0 Å². The molecule has 17 heavy (non-hydrogen) atoms. The maximum Gasteiger partial charge on any atom is 0.241 e. The Kier molecular flexibility index (Phi) is 5.03. The fourth-order valence-corrected chi connectivity index (χ4v) is 1.36. The van der Waals surface area contributed by atoms with Gasteiger partial charge in [-0.3, -0.25) is 4.79 Å². The van der Waals surface area contributed by atoms with E-state index in [0.717, 1.165) is 25.0 Å². The zero-order valence-corrected chi connectivity index (χ0v) is 9.67. The van der Waals surface area contributed by atoms with E-state index in [-0.39, 0.29) is 11.6 Å². The van der Waals surface area contributed by atoms with E-state index in [4.69, 9.17) is 5.73 Å². The molecule has 0 radical (unpaired) electrons. The van der Waals surface area contributed by atoms with Crippen molar-refractivity contribution in [3.05, 3.63) is 29.8 Å². The first kappa shape index (κ1) is 13.6. The third kappa shape index (κ3) is 4.11. The Bertz CT molecular complexity index is 396. The van der Waals surface area contributed by atoms with Crippen molar-refractivity contribution in [2.24, 2.45) is 5.73 Å². The number of nitrogens with one attached hydrogen (secondary N) is 1. The molecule has 0 saturated heterocycles. The maximum atomic E-state index is 12.9. The summed E-state index contributed by atoms with van der Waals surface area (Å²) in [4.78, 5) is 11.6.